The number of likely N-dealkylation sites (N-methyl/N-ethyl adjacent to an activating group) is 1. The van der Waals surface area contributed by atoms with Crippen LogP contribution in [0, 0.1) is 0 Å². The third kappa shape index (κ3) is 1.49. The first-order chi connectivity index (χ1) is 5.66. The summed E-state index contributed by atoms with van der Waals surface area (Å²) in [6.07, 6.45) is 0.182. The van der Waals surface area contributed by atoms with Crippen LogP contribution in [0.5, 0.6) is 0 Å². The highest BCUT2D eigenvalue weighted by Gasteiger charge is 2.31. The monoisotopic (exact) mass is 172 g/mol. The Hall–Kier alpha value is -1.26. The predicted octanol–water partition coefficient (Wildman–Crippen LogP) is -0.427. The molecule has 1 heterocycles. The average molecular weight is 172 g/mol. The average Bonchev–Trinajstić information content (AvgIpc) is 2.48. The second kappa shape index (κ2) is 3.42. The molecule has 5 nitrogen and oxygen atoms in total. The molecular formula is C7H12N2O3. The molecule has 1 N–H and O–H groups in total. The molecule has 0 aromatic rings. The zero-order chi connectivity index (χ0) is 9.14. The SMILES string of the molecule is COC(=O)N(C)C1CCNC1=O. The van der Waals surface area contributed by atoms with Crippen LogP contribution in [0.15, 0.2) is 0 Å². The van der Waals surface area contributed by atoms with Crippen LogP contribution in [0.25, 0.3) is 0 Å². The molecule has 1 atom stereocenters. The van der Waals surface area contributed by atoms with Crippen molar-refractivity contribution in [3.8, 4) is 0 Å². The Morgan fingerprint density at radius 1 is 1.75 bits per heavy atom. The Balaban J connectivity index is 2.57. The van der Waals surface area contributed by atoms with E-state index in [4.69, 9.17) is 0 Å². The molecule has 1 saturated heterocycles. The molecular weight excluding hydrogens is 160 g/mol. The maximum absolute atomic E-state index is 11.1. The smallest absolute Gasteiger partial charge is 0.409 e. The van der Waals surface area contributed by atoms with Gasteiger partial charge in [-0.05, 0) is 6.42 Å². The topological polar surface area (TPSA) is 58.6 Å². The quantitative estimate of drug-likeness (QED) is 0.584. The molecule has 1 unspecified atom stereocenters. The first-order valence-corrected chi connectivity index (χ1v) is 3.75. The van der Waals surface area contributed by atoms with Gasteiger partial charge in [0.25, 0.3) is 0 Å². The number of nitrogens with zero attached hydrogens (tertiary/aromatic N) is 1. The summed E-state index contributed by atoms with van der Waals surface area (Å²) in [4.78, 5) is 23.4. The largest absolute Gasteiger partial charge is 0.453 e. The van der Waals surface area contributed by atoms with Crippen molar-refractivity contribution in [2.75, 3.05) is 20.7 Å². The predicted molar refractivity (Wildman–Crippen MR) is 41.6 cm³/mol. The Labute approximate surface area is 70.7 Å². The van der Waals surface area contributed by atoms with Gasteiger partial charge >= 0.3 is 6.09 Å². The molecule has 68 valence electrons. The Morgan fingerprint density at radius 3 is 2.83 bits per heavy atom. The van der Waals surface area contributed by atoms with Crippen molar-refractivity contribution in [1.82, 2.24) is 10.2 Å². The first-order valence-electron chi connectivity index (χ1n) is 3.75. The van der Waals surface area contributed by atoms with Crippen molar-refractivity contribution in [3.63, 3.8) is 0 Å². The van der Waals surface area contributed by atoms with Crippen molar-refractivity contribution in [1.29, 1.82) is 0 Å². The summed E-state index contributed by atoms with van der Waals surface area (Å²) in [5.41, 5.74) is 0. The molecule has 0 aliphatic carbocycles. The minimum absolute atomic E-state index is 0.108. The van der Waals surface area contributed by atoms with Crippen molar-refractivity contribution < 1.29 is 14.3 Å². The molecule has 1 rings (SSSR count). The van der Waals surface area contributed by atoms with Crippen LogP contribution in [0.1, 0.15) is 6.42 Å². The Kier molecular flexibility index (Phi) is 2.52. The van der Waals surface area contributed by atoms with Crippen LogP contribution in [0.2, 0.25) is 0 Å². The van der Waals surface area contributed by atoms with E-state index in [1.807, 2.05) is 0 Å². The lowest BCUT2D eigenvalue weighted by molar-refractivity contribution is -0.122. The molecule has 0 saturated carbocycles. The molecule has 0 spiro atoms. The van der Waals surface area contributed by atoms with Gasteiger partial charge in [0.15, 0.2) is 0 Å². The fraction of sp³-hybridized carbons (Fsp3) is 0.714. The van der Waals surface area contributed by atoms with Gasteiger partial charge in [-0.2, -0.15) is 0 Å². The Morgan fingerprint density at radius 2 is 2.42 bits per heavy atom. The normalized spacial score (nSPS) is 21.8. The summed E-state index contributed by atoms with van der Waals surface area (Å²) in [6, 6.07) is -0.363. The van der Waals surface area contributed by atoms with Crippen LogP contribution in [0.4, 0.5) is 4.79 Å². The van der Waals surface area contributed by atoms with Crippen LogP contribution in [-0.4, -0.2) is 43.6 Å². The minimum Gasteiger partial charge on any atom is -0.453 e. The van der Waals surface area contributed by atoms with Gasteiger partial charge in [0.1, 0.15) is 6.04 Å². The summed E-state index contributed by atoms with van der Waals surface area (Å²) < 4.78 is 4.48. The zero-order valence-corrected chi connectivity index (χ0v) is 7.16. The second-order valence-electron chi connectivity index (χ2n) is 2.68. The van der Waals surface area contributed by atoms with Crippen LogP contribution in [-0.2, 0) is 9.53 Å². The van der Waals surface area contributed by atoms with E-state index in [0.717, 1.165) is 0 Å². The lowest BCUT2D eigenvalue weighted by Crippen LogP contribution is -2.41. The zero-order valence-electron chi connectivity index (χ0n) is 7.16. The third-order valence-corrected chi connectivity index (χ3v) is 1.95. The van der Waals surface area contributed by atoms with Gasteiger partial charge in [-0.1, -0.05) is 0 Å². The summed E-state index contributed by atoms with van der Waals surface area (Å²) in [5, 5.41) is 2.64. The molecule has 1 fully saturated rings. The van der Waals surface area contributed by atoms with E-state index >= 15 is 0 Å². The molecule has 12 heavy (non-hydrogen) atoms. The van der Waals surface area contributed by atoms with Crippen LogP contribution in [0.3, 0.4) is 0 Å². The number of hydrogen-bond donors (Lipinski definition) is 1. The third-order valence-electron chi connectivity index (χ3n) is 1.95. The van der Waals surface area contributed by atoms with E-state index in [1.165, 1.54) is 12.0 Å². The van der Waals surface area contributed by atoms with Gasteiger partial charge < -0.3 is 10.1 Å². The lowest BCUT2D eigenvalue weighted by Gasteiger charge is -2.20. The van der Waals surface area contributed by atoms with Crippen molar-refractivity contribution >= 4 is 12.0 Å². The van der Waals surface area contributed by atoms with E-state index in [9.17, 15) is 9.59 Å². The standard InChI is InChI=1S/C7H12N2O3/c1-9(7(11)12-2)5-3-4-8-6(5)10/h5H,3-4H2,1-2H3,(H,8,10). The highest BCUT2D eigenvalue weighted by molar-refractivity contribution is 5.87. The van der Waals surface area contributed by atoms with Gasteiger partial charge in [-0.15, -0.1) is 0 Å². The van der Waals surface area contributed by atoms with Crippen molar-refractivity contribution in [2.45, 2.75) is 12.5 Å². The molecule has 2 amide bonds. The Bertz CT molecular complexity index is 205. The number of methoxy groups -OCH3 is 1. The molecule has 0 aromatic carbocycles. The molecule has 0 bridgehead atoms. The second-order valence-corrected chi connectivity index (χ2v) is 2.68. The maximum atomic E-state index is 11.1. The van der Waals surface area contributed by atoms with Crippen molar-refractivity contribution in [3.05, 3.63) is 0 Å². The number of nitrogens with one attached hydrogen (secondary N) is 1. The number of rotatable bonds is 1. The van der Waals surface area contributed by atoms with E-state index in [1.54, 1.807) is 7.05 Å². The molecule has 5 heteroatoms. The molecule has 0 radical (unpaired) electrons. The van der Waals surface area contributed by atoms with E-state index < -0.39 is 6.09 Å². The summed E-state index contributed by atoms with van der Waals surface area (Å²) in [6.45, 7) is 0.630. The highest BCUT2D eigenvalue weighted by atomic mass is 16.5. The van der Waals surface area contributed by atoms with Crippen molar-refractivity contribution in [2.24, 2.45) is 0 Å². The van der Waals surface area contributed by atoms with Gasteiger partial charge in [-0.3, -0.25) is 9.69 Å². The first kappa shape index (κ1) is 8.83. The fourth-order valence-corrected chi connectivity index (χ4v) is 1.22. The summed E-state index contributed by atoms with van der Waals surface area (Å²) >= 11 is 0. The van der Waals surface area contributed by atoms with Crippen LogP contribution < -0.4 is 5.32 Å². The van der Waals surface area contributed by atoms with Gasteiger partial charge in [-0.25, -0.2) is 4.79 Å². The number of amides is 2. The van der Waals surface area contributed by atoms with Gasteiger partial charge in [0.2, 0.25) is 5.91 Å². The summed E-state index contributed by atoms with van der Waals surface area (Å²) in [5.74, 6) is -0.108. The summed E-state index contributed by atoms with van der Waals surface area (Å²) in [7, 11) is 2.85. The number of carbonyl (C=O) groups is 2. The molecule has 1 aliphatic rings. The highest BCUT2D eigenvalue weighted by Crippen LogP contribution is 2.08. The van der Waals surface area contributed by atoms with Gasteiger partial charge in [0.05, 0.1) is 7.11 Å². The van der Waals surface area contributed by atoms with Gasteiger partial charge in [0, 0.05) is 13.6 Å². The maximum Gasteiger partial charge on any atom is 0.409 e. The lowest BCUT2D eigenvalue weighted by atomic mass is 10.2. The number of carbonyl (C=O) groups excluding carboxylic acids is 2. The number of hydrogen-bond acceptors (Lipinski definition) is 3. The fourth-order valence-electron chi connectivity index (χ4n) is 1.22. The van der Waals surface area contributed by atoms with E-state index in [0.29, 0.717) is 13.0 Å². The van der Waals surface area contributed by atoms with Crippen LogP contribution >= 0.6 is 0 Å². The number of ether oxygens (including phenoxy) is 1. The minimum atomic E-state index is -0.475. The van der Waals surface area contributed by atoms with E-state index in [-0.39, 0.29) is 11.9 Å². The molecule has 0 aromatic heterocycles. The molecule has 1 aliphatic heterocycles. The van der Waals surface area contributed by atoms with E-state index in [2.05, 4.69) is 10.1 Å².